The van der Waals surface area contributed by atoms with Crippen LogP contribution in [0.2, 0.25) is 0 Å². The minimum Gasteiger partial charge on any atom is -0.492 e. The molecule has 1 amide bonds. The van der Waals surface area contributed by atoms with E-state index in [1.807, 2.05) is 38.1 Å². The number of ether oxygens (including phenoxy) is 1. The van der Waals surface area contributed by atoms with Crippen LogP contribution in [0.4, 0.5) is 0 Å². The number of nitrogens with one attached hydrogen (secondary N) is 2. The third kappa shape index (κ3) is 5.68. The fourth-order valence-corrected chi connectivity index (χ4v) is 1.47. The molecule has 1 aromatic rings. The van der Waals surface area contributed by atoms with Gasteiger partial charge in [0.1, 0.15) is 12.4 Å². The van der Waals surface area contributed by atoms with Gasteiger partial charge in [0.05, 0.1) is 0 Å². The molecule has 1 aromatic carbocycles. The molecule has 0 spiro atoms. The fraction of sp³-hybridized carbons (Fsp3) is 0.500. The molecule has 0 aliphatic carbocycles. The normalized spacial score (nSPS) is 11.9. The van der Waals surface area contributed by atoms with Crippen LogP contribution < -0.4 is 15.4 Å². The molecule has 0 aliphatic heterocycles. The van der Waals surface area contributed by atoms with E-state index in [9.17, 15) is 4.79 Å². The van der Waals surface area contributed by atoms with Crippen molar-refractivity contribution in [2.24, 2.45) is 0 Å². The van der Waals surface area contributed by atoms with Gasteiger partial charge in [-0.2, -0.15) is 0 Å². The maximum Gasteiger partial charge on any atom is 0.221 e. The predicted molar refractivity (Wildman–Crippen MR) is 72.8 cm³/mol. The maximum absolute atomic E-state index is 11.0. The van der Waals surface area contributed by atoms with E-state index < -0.39 is 0 Å². The predicted octanol–water partition coefficient (Wildman–Crippen LogP) is 1.49. The van der Waals surface area contributed by atoms with Gasteiger partial charge in [0.15, 0.2) is 0 Å². The summed E-state index contributed by atoms with van der Waals surface area (Å²) in [6.45, 7) is 5.35. The van der Waals surface area contributed by atoms with E-state index in [4.69, 9.17) is 4.74 Å². The first-order valence-corrected chi connectivity index (χ1v) is 6.25. The molecule has 18 heavy (non-hydrogen) atoms. The van der Waals surface area contributed by atoms with Crippen LogP contribution in [0.3, 0.4) is 0 Å². The second-order valence-corrected chi connectivity index (χ2v) is 4.40. The van der Waals surface area contributed by atoms with Crippen LogP contribution >= 0.6 is 0 Å². The Labute approximate surface area is 109 Å². The molecule has 0 heterocycles. The van der Waals surface area contributed by atoms with Gasteiger partial charge in [-0.05, 0) is 26.0 Å². The van der Waals surface area contributed by atoms with E-state index in [0.29, 0.717) is 19.6 Å². The molecular weight excluding hydrogens is 228 g/mol. The Balaban J connectivity index is 2.18. The summed E-state index contributed by atoms with van der Waals surface area (Å²) in [5.41, 5.74) is 1.22. The highest BCUT2D eigenvalue weighted by Gasteiger charge is 2.04. The van der Waals surface area contributed by atoms with Crippen molar-refractivity contribution in [3.63, 3.8) is 0 Å². The van der Waals surface area contributed by atoms with E-state index in [0.717, 1.165) is 5.75 Å². The summed E-state index contributed by atoms with van der Waals surface area (Å²) in [5.74, 6) is 0.926. The van der Waals surface area contributed by atoms with Crippen molar-refractivity contribution in [3.8, 4) is 5.75 Å². The van der Waals surface area contributed by atoms with Gasteiger partial charge < -0.3 is 15.4 Å². The fourth-order valence-electron chi connectivity index (χ4n) is 1.47. The third-order valence-electron chi connectivity index (χ3n) is 2.64. The molecule has 1 unspecified atom stereocenters. The molecule has 0 saturated carbocycles. The van der Waals surface area contributed by atoms with Gasteiger partial charge in [0.2, 0.25) is 5.91 Å². The van der Waals surface area contributed by atoms with Gasteiger partial charge in [-0.25, -0.2) is 0 Å². The molecule has 4 heteroatoms. The Morgan fingerprint density at radius 3 is 2.61 bits per heavy atom. The number of benzene rings is 1. The summed E-state index contributed by atoms with van der Waals surface area (Å²) in [6.07, 6.45) is 0.491. The molecule has 2 N–H and O–H groups in total. The lowest BCUT2D eigenvalue weighted by atomic mass is 10.2. The van der Waals surface area contributed by atoms with E-state index in [1.165, 1.54) is 5.56 Å². The van der Waals surface area contributed by atoms with Crippen molar-refractivity contribution in [2.75, 3.05) is 20.2 Å². The van der Waals surface area contributed by atoms with Crippen LogP contribution in [0.1, 0.15) is 18.9 Å². The second kappa shape index (κ2) is 7.71. The number of amides is 1. The molecule has 4 nitrogen and oxygen atoms in total. The molecule has 100 valence electrons. The average molecular weight is 250 g/mol. The number of hydrogen-bond acceptors (Lipinski definition) is 3. The lowest BCUT2D eigenvalue weighted by Gasteiger charge is -2.14. The van der Waals surface area contributed by atoms with Crippen LogP contribution in [0.25, 0.3) is 0 Å². The highest BCUT2D eigenvalue weighted by Crippen LogP contribution is 2.11. The first-order chi connectivity index (χ1) is 8.61. The Morgan fingerprint density at radius 1 is 1.33 bits per heavy atom. The van der Waals surface area contributed by atoms with Crippen molar-refractivity contribution >= 4 is 5.91 Å². The molecule has 0 aromatic heterocycles. The number of rotatable bonds is 7. The lowest BCUT2D eigenvalue weighted by Crippen LogP contribution is -2.34. The van der Waals surface area contributed by atoms with Crippen LogP contribution in [0.15, 0.2) is 24.3 Å². The van der Waals surface area contributed by atoms with Gasteiger partial charge in [0.25, 0.3) is 0 Å². The highest BCUT2D eigenvalue weighted by molar-refractivity contribution is 5.75. The zero-order valence-electron chi connectivity index (χ0n) is 11.3. The molecule has 0 aliphatic rings. The standard InChI is InChI=1S/C14H22N2O2/c1-11-4-6-13(7-5-11)18-10-12(2)16-9-8-14(17)15-3/h4-7,12,16H,8-10H2,1-3H3,(H,15,17). The smallest absolute Gasteiger partial charge is 0.221 e. The second-order valence-electron chi connectivity index (χ2n) is 4.40. The van der Waals surface area contributed by atoms with E-state index in [-0.39, 0.29) is 11.9 Å². The SMILES string of the molecule is CNC(=O)CCNC(C)COc1ccc(C)cc1. The number of carbonyl (C=O) groups is 1. The Bertz CT molecular complexity index is 363. The van der Waals surface area contributed by atoms with Crippen LogP contribution in [-0.4, -0.2) is 32.1 Å². The van der Waals surface area contributed by atoms with Gasteiger partial charge >= 0.3 is 0 Å². The van der Waals surface area contributed by atoms with Gasteiger partial charge in [0, 0.05) is 26.1 Å². The van der Waals surface area contributed by atoms with E-state index >= 15 is 0 Å². The Kier molecular flexibility index (Phi) is 6.22. The Hall–Kier alpha value is -1.55. The average Bonchev–Trinajstić information content (AvgIpc) is 2.38. The van der Waals surface area contributed by atoms with Crippen LogP contribution in [0, 0.1) is 6.92 Å². The number of aryl methyl sites for hydroxylation is 1. The lowest BCUT2D eigenvalue weighted by molar-refractivity contribution is -0.120. The van der Waals surface area contributed by atoms with Crippen molar-refractivity contribution in [1.29, 1.82) is 0 Å². The highest BCUT2D eigenvalue weighted by atomic mass is 16.5. The number of carbonyl (C=O) groups excluding carboxylic acids is 1. The summed E-state index contributed by atoms with van der Waals surface area (Å²) in [4.78, 5) is 11.0. The summed E-state index contributed by atoms with van der Waals surface area (Å²) in [5, 5.41) is 5.84. The van der Waals surface area contributed by atoms with Crippen molar-refractivity contribution in [3.05, 3.63) is 29.8 Å². The van der Waals surface area contributed by atoms with E-state index in [2.05, 4.69) is 10.6 Å². The largest absolute Gasteiger partial charge is 0.492 e. The van der Waals surface area contributed by atoms with Crippen molar-refractivity contribution < 1.29 is 9.53 Å². The van der Waals surface area contributed by atoms with Gasteiger partial charge in [-0.15, -0.1) is 0 Å². The first-order valence-electron chi connectivity index (χ1n) is 6.25. The molecule has 0 fully saturated rings. The maximum atomic E-state index is 11.0. The molecule has 1 atom stereocenters. The quantitative estimate of drug-likeness (QED) is 0.771. The molecule has 0 saturated heterocycles. The molecule has 1 rings (SSSR count). The number of hydrogen-bond donors (Lipinski definition) is 2. The summed E-state index contributed by atoms with van der Waals surface area (Å²) >= 11 is 0. The van der Waals surface area contributed by atoms with Crippen molar-refractivity contribution in [2.45, 2.75) is 26.3 Å². The zero-order chi connectivity index (χ0) is 13.4. The Morgan fingerprint density at radius 2 is 2.00 bits per heavy atom. The van der Waals surface area contributed by atoms with Crippen LogP contribution in [0.5, 0.6) is 5.75 Å². The van der Waals surface area contributed by atoms with E-state index in [1.54, 1.807) is 7.05 Å². The zero-order valence-corrected chi connectivity index (χ0v) is 11.3. The third-order valence-corrected chi connectivity index (χ3v) is 2.64. The summed E-state index contributed by atoms with van der Waals surface area (Å²) in [6, 6.07) is 8.20. The molecular formula is C14H22N2O2. The summed E-state index contributed by atoms with van der Waals surface area (Å²) in [7, 11) is 1.65. The van der Waals surface area contributed by atoms with Gasteiger partial charge in [-0.1, -0.05) is 17.7 Å². The minimum atomic E-state index is 0.0501. The molecule has 0 bridgehead atoms. The minimum absolute atomic E-state index is 0.0501. The first kappa shape index (κ1) is 14.5. The monoisotopic (exact) mass is 250 g/mol. The van der Waals surface area contributed by atoms with Crippen LogP contribution in [-0.2, 0) is 4.79 Å². The van der Waals surface area contributed by atoms with Gasteiger partial charge in [-0.3, -0.25) is 4.79 Å². The van der Waals surface area contributed by atoms with Crippen molar-refractivity contribution in [1.82, 2.24) is 10.6 Å². The summed E-state index contributed by atoms with van der Waals surface area (Å²) < 4.78 is 5.64. The molecule has 0 radical (unpaired) electrons. The topological polar surface area (TPSA) is 50.4 Å².